The maximum Gasteiger partial charge on any atom is 0.410 e. The van der Waals surface area contributed by atoms with E-state index in [0.29, 0.717) is 98.7 Å². The average Bonchev–Trinajstić information content (AvgIpc) is 4.04. The highest BCUT2D eigenvalue weighted by atomic mass is 16.6. The molecule has 2 fully saturated rings. The van der Waals surface area contributed by atoms with E-state index in [2.05, 4.69) is 49.1 Å². The summed E-state index contributed by atoms with van der Waals surface area (Å²) in [4.78, 5) is 103. The van der Waals surface area contributed by atoms with Crippen LogP contribution >= 0.6 is 0 Å². The van der Waals surface area contributed by atoms with Gasteiger partial charge in [-0.2, -0.15) is 15.2 Å². The molecule has 416 valence electrons. The number of amides is 8. The monoisotopic (exact) mass is 1070 g/mol. The molecule has 4 heterocycles. The molecule has 2 aromatic heterocycles. The zero-order valence-electron chi connectivity index (χ0n) is 44.8. The van der Waals surface area contributed by atoms with Crippen molar-refractivity contribution in [3.8, 4) is 17.8 Å². The van der Waals surface area contributed by atoms with Crippen LogP contribution in [0.1, 0.15) is 107 Å². The number of unbranched alkanes of at least 4 members (excludes halogenated alkanes) is 3. The molecule has 1 saturated heterocycles. The van der Waals surface area contributed by atoms with E-state index in [1.807, 2.05) is 23.1 Å². The number of benzene rings is 2. The Bertz CT molecular complexity index is 2890. The van der Waals surface area contributed by atoms with Crippen molar-refractivity contribution in [2.75, 3.05) is 57.5 Å². The Hall–Kier alpha value is -8.26. The molecule has 4 aromatic rings. The number of piperazine rings is 1. The zero-order chi connectivity index (χ0) is 55.9. The number of primary amides is 1. The number of nitrogens with zero attached hydrogens (tertiary/aromatic N) is 7. The minimum Gasteiger partial charge on any atom is -0.496 e. The lowest BCUT2D eigenvalue weighted by molar-refractivity contribution is -0.137. The zero-order valence-corrected chi connectivity index (χ0v) is 44.8. The topological polar surface area (TPSA) is 312 Å². The van der Waals surface area contributed by atoms with Crippen molar-refractivity contribution in [3.63, 3.8) is 0 Å². The number of aromatic nitrogens is 3. The van der Waals surface area contributed by atoms with Crippen molar-refractivity contribution in [2.24, 2.45) is 11.7 Å². The predicted molar refractivity (Wildman–Crippen MR) is 288 cm³/mol. The minimum atomic E-state index is -1.04. The normalized spacial score (nSPS) is 15.5. The number of rotatable bonds is 27. The molecule has 1 spiro atoms. The number of carbonyl (C=O) groups is 7. The highest BCUT2D eigenvalue weighted by Gasteiger charge is 2.53. The first-order chi connectivity index (χ1) is 37.5. The smallest absolute Gasteiger partial charge is 0.410 e. The number of nitrogens with two attached hydrogens (primary N) is 2. The number of hydrogen-bond acceptors (Lipinski definition) is 15. The van der Waals surface area contributed by atoms with Crippen LogP contribution in [-0.2, 0) is 48.4 Å². The molecule has 2 atom stereocenters. The number of anilines is 2. The van der Waals surface area contributed by atoms with Crippen LogP contribution in [0.4, 0.5) is 21.1 Å². The van der Waals surface area contributed by atoms with Crippen LogP contribution in [0.3, 0.4) is 0 Å². The Morgan fingerprint density at radius 3 is 2.31 bits per heavy atom. The highest BCUT2D eigenvalue weighted by molar-refractivity contribution is 6.12. The van der Waals surface area contributed by atoms with Crippen LogP contribution in [-0.4, -0.2) is 135 Å². The first-order valence-corrected chi connectivity index (χ1v) is 26.6. The molecule has 2 aromatic carbocycles. The fourth-order valence-electron chi connectivity index (χ4n) is 9.60. The summed E-state index contributed by atoms with van der Waals surface area (Å²) < 4.78 is 19.3. The van der Waals surface area contributed by atoms with Crippen LogP contribution in [0.15, 0.2) is 60.7 Å². The summed E-state index contributed by atoms with van der Waals surface area (Å²) in [5.74, 6) is -1.57. The van der Waals surface area contributed by atoms with Gasteiger partial charge in [0.1, 0.15) is 42.0 Å². The predicted octanol–water partition coefficient (Wildman–Crippen LogP) is 4.61. The van der Waals surface area contributed by atoms with E-state index in [4.69, 9.17) is 25.7 Å². The van der Waals surface area contributed by atoms with Gasteiger partial charge < -0.3 is 51.5 Å². The van der Waals surface area contributed by atoms with Gasteiger partial charge in [0.15, 0.2) is 5.65 Å². The van der Waals surface area contributed by atoms with Crippen molar-refractivity contribution in [1.29, 1.82) is 5.26 Å². The first-order valence-electron chi connectivity index (χ1n) is 26.6. The van der Waals surface area contributed by atoms with Crippen molar-refractivity contribution < 1.29 is 47.8 Å². The number of nitrogen functional groups attached to an aromatic ring is 1. The fraction of sp³-hybridized carbons (Fsp3) is 0.491. The summed E-state index contributed by atoms with van der Waals surface area (Å²) in [5.41, 5.74) is 15.1. The van der Waals surface area contributed by atoms with Crippen LogP contribution in [0.5, 0.6) is 11.8 Å². The Kier molecular flexibility index (Phi) is 19.6. The van der Waals surface area contributed by atoms with Crippen molar-refractivity contribution in [1.82, 2.24) is 45.2 Å². The second-order valence-corrected chi connectivity index (χ2v) is 20.3. The Morgan fingerprint density at radius 2 is 1.63 bits per heavy atom. The van der Waals surface area contributed by atoms with E-state index in [9.17, 15) is 38.8 Å². The first kappa shape index (κ1) is 57.4. The van der Waals surface area contributed by atoms with Gasteiger partial charge in [0, 0.05) is 69.1 Å². The second-order valence-electron chi connectivity index (χ2n) is 20.3. The summed E-state index contributed by atoms with van der Waals surface area (Å²) in [7, 11) is 1.61. The number of fused-ring (bicyclic) bond motifs is 1. The van der Waals surface area contributed by atoms with Crippen LogP contribution in [0.2, 0.25) is 0 Å². The molecular weight excluding hydrogens is 1000 g/mol. The Labute approximate surface area is 453 Å². The summed E-state index contributed by atoms with van der Waals surface area (Å²) >= 11 is 0. The summed E-state index contributed by atoms with van der Waals surface area (Å²) in [6, 6.07) is 14.2. The molecular formula is C55H71N13O10. The molecule has 23 heteroatoms. The molecule has 8 N–H and O–H groups in total. The maximum atomic E-state index is 13.7. The number of urea groups is 1. The van der Waals surface area contributed by atoms with Crippen molar-refractivity contribution in [3.05, 3.63) is 83.1 Å². The Morgan fingerprint density at radius 1 is 0.885 bits per heavy atom. The summed E-state index contributed by atoms with van der Waals surface area (Å²) in [6.45, 7) is 9.22. The van der Waals surface area contributed by atoms with E-state index in [-0.39, 0.29) is 73.5 Å². The van der Waals surface area contributed by atoms with Gasteiger partial charge in [-0.15, -0.1) is 0 Å². The molecule has 2 aliphatic heterocycles. The molecule has 1 aliphatic carbocycles. The van der Waals surface area contributed by atoms with Crippen LogP contribution < -0.4 is 42.2 Å². The largest absolute Gasteiger partial charge is 0.496 e. The van der Waals surface area contributed by atoms with Crippen molar-refractivity contribution >= 4 is 64.2 Å². The highest BCUT2D eigenvalue weighted by Crippen LogP contribution is 2.45. The van der Waals surface area contributed by atoms with E-state index in [1.165, 1.54) is 12.2 Å². The van der Waals surface area contributed by atoms with Gasteiger partial charge in [0.25, 0.3) is 11.8 Å². The number of carbonyl (C=O) groups excluding carboxylic acids is 7. The number of imide groups is 1. The van der Waals surface area contributed by atoms with E-state index in [1.54, 1.807) is 55.9 Å². The third-order valence-electron chi connectivity index (χ3n) is 14.1. The maximum absolute atomic E-state index is 13.7. The fourth-order valence-corrected chi connectivity index (χ4v) is 9.60. The molecule has 23 nitrogen and oxygen atoms in total. The van der Waals surface area contributed by atoms with Gasteiger partial charge in [-0.1, -0.05) is 57.9 Å². The molecule has 3 aliphatic rings. The molecule has 1 saturated carbocycles. The van der Waals surface area contributed by atoms with Gasteiger partial charge in [0.05, 0.1) is 31.2 Å². The number of ether oxygens (including phenoxy) is 3. The van der Waals surface area contributed by atoms with Gasteiger partial charge in [-0.05, 0) is 86.3 Å². The quantitative estimate of drug-likeness (QED) is 0.0351. The lowest BCUT2D eigenvalue weighted by Gasteiger charge is -2.41. The molecule has 8 amide bonds. The Balaban J connectivity index is 0.886. The van der Waals surface area contributed by atoms with Crippen LogP contribution in [0, 0.1) is 17.2 Å². The lowest BCUT2D eigenvalue weighted by atomic mass is 10.0. The van der Waals surface area contributed by atoms with Gasteiger partial charge in [0.2, 0.25) is 17.7 Å². The van der Waals surface area contributed by atoms with E-state index >= 15 is 0 Å². The molecule has 78 heavy (non-hydrogen) atoms. The van der Waals surface area contributed by atoms with Gasteiger partial charge >= 0.3 is 18.1 Å². The van der Waals surface area contributed by atoms with Gasteiger partial charge in [-0.3, -0.25) is 38.7 Å². The van der Waals surface area contributed by atoms with Crippen molar-refractivity contribution in [2.45, 2.75) is 122 Å². The average molecular weight is 1070 g/mol. The third kappa shape index (κ3) is 15.0. The summed E-state index contributed by atoms with van der Waals surface area (Å²) in [6.07, 6.45) is 7.71. The molecule has 0 unspecified atom stereocenters. The molecule has 0 radical (unpaired) electrons. The van der Waals surface area contributed by atoms with Gasteiger partial charge in [-0.25, -0.2) is 9.59 Å². The minimum absolute atomic E-state index is 0.00455. The number of methoxy groups -OCH3 is 1. The van der Waals surface area contributed by atoms with Crippen LogP contribution in [0.25, 0.3) is 11.0 Å². The molecule has 7 rings (SSSR count). The number of nitriles is 1. The van der Waals surface area contributed by atoms with E-state index < -0.39 is 36.0 Å². The second kappa shape index (κ2) is 26.7. The standard InChI is InChI=1S/C55H71N13O10/c1-5-6-27-77-53-63-48(57)41-29-40(30-56)67(49(41)64-53)32-38-16-13-37(28-43(38)76-4)31-65-25-26-68(55(34-65)21-22-55)54(75)78-33-36-14-17-39(18-15-36)60-50(72)42(11-10-23-59-52(58)74)61-51(73)47(35(2)3)62-44(69)12-8-7-9-24-66-45(70)19-20-46(66)71/h13-20,28-29,35,42,47H,5-12,21-27,31-34H2,1-4H3,(H,60,72)(H,61,73)(H,62,69)(H2,57,63,64)(H3,58,59,74)/t42-,47-/m0/s1. The third-order valence-corrected chi connectivity index (χ3v) is 14.1. The molecule has 0 bridgehead atoms. The summed E-state index contributed by atoms with van der Waals surface area (Å²) in [5, 5.41) is 21.5. The number of hydrogen-bond donors (Lipinski definition) is 6. The lowest BCUT2D eigenvalue weighted by Crippen LogP contribution is -2.56. The van der Waals surface area contributed by atoms with E-state index in [0.717, 1.165) is 41.7 Å². The SMILES string of the molecule is CCCCOc1nc(N)c2cc(C#N)n(Cc3ccc(CN4CCN(C(=O)OCc5ccc(NC(=O)[C@H](CCCNC(N)=O)NC(=O)[C@@H](NC(=O)CCCCCN6C(=O)C=CC6=O)C(C)C)cc5)C5(CC5)C4)cc3OC)c2n1. The number of nitrogens with one attached hydrogen (secondary N) is 4.